The Morgan fingerprint density at radius 2 is 1.96 bits per heavy atom. The van der Waals surface area contributed by atoms with Gasteiger partial charge in [0.15, 0.2) is 0 Å². The molecule has 1 atom stereocenters. The van der Waals surface area contributed by atoms with Gasteiger partial charge in [0, 0.05) is 13.6 Å². The molecule has 0 fully saturated rings. The average Bonchev–Trinajstić information content (AvgIpc) is 3.07. The van der Waals surface area contributed by atoms with Gasteiger partial charge in [-0.1, -0.05) is 36.4 Å². The predicted octanol–water partition coefficient (Wildman–Crippen LogP) is 2.50. The summed E-state index contributed by atoms with van der Waals surface area (Å²) in [7, 11) is 2.03. The Bertz CT molecular complexity index is 855. The van der Waals surface area contributed by atoms with Crippen molar-refractivity contribution in [3.63, 3.8) is 0 Å². The van der Waals surface area contributed by atoms with E-state index in [1.807, 2.05) is 43.4 Å². The Hall–Kier alpha value is -2.17. The molecule has 4 heteroatoms. The maximum atomic E-state index is 10.9. The maximum Gasteiger partial charge on any atom is 0.123 e. The average molecular weight is 307 g/mol. The van der Waals surface area contributed by atoms with Crippen LogP contribution in [0.15, 0.2) is 48.5 Å². The van der Waals surface area contributed by atoms with Gasteiger partial charge in [-0.2, -0.15) is 0 Å². The molecule has 4 rings (SSSR count). The monoisotopic (exact) mass is 307 g/mol. The second-order valence-corrected chi connectivity index (χ2v) is 6.37. The summed E-state index contributed by atoms with van der Waals surface area (Å²) in [6, 6.07) is 16.3. The predicted molar refractivity (Wildman–Crippen MR) is 91.1 cm³/mol. The number of nitrogens with one attached hydrogen (secondary N) is 1. The van der Waals surface area contributed by atoms with E-state index in [1.54, 1.807) is 0 Å². The van der Waals surface area contributed by atoms with E-state index in [4.69, 9.17) is 0 Å². The van der Waals surface area contributed by atoms with Gasteiger partial charge in [0.1, 0.15) is 11.4 Å². The molecule has 2 N–H and O–H groups in total. The van der Waals surface area contributed by atoms with E-state index in [0.29, 0.717) is 13.1 Å². The van der Waals surface area contributed by atoms with Gasteiger partial charge < -0.3 is 15.0 Å². The van der Waals surface area contributed by atoms with Crippen LogP contribution in [0.25, 0.3) is 11.0 Å². The van der Waals surface area contributed by atoms with Gasteiger partial charge in [0.2, 0.25) is 0 Å². The minimum absolute atomic E-state index is 0.549. The third-order valence-corrected chi connectivity index (χ3v) is 4.91. The molecule has 4 nitrogen and oxygen atoms in total. The van der Waals surface area contributed by atoms with Crippen molar-refractivity contribution in [2.24, 2.45) is 7.05 Å². The molecular formula is C19H21N3O. The minimum Gasteiger partial charge on any atom is -0.384 e. The van der Waals surface area contributed by atoms with E-state index >= 15 is 0 Å². The molecule has 23 heavy (non-hydrogen) atoms. The number of fused-ring (bicyclic) bond motifs is 2. The van der Waals surface area contributed by atoms with E-state index in [0.717, 1.165) is 35.3 Å². The van der Waals surface area contributed by atoms with Crippen LogP contribution >= 0.6 is 0 Å². The second-order valence-electron chi connectivity index (χ2n) is 6.37. The van der Waals surface area contributed by atoms with Gasteiger partial charge in [0.05, 0.1) is 17.6 Å². The summed E-state index contributed by atoms with van der Waals surface area (Å²) in [6.45, 7) is 1.20. The van der Waals surface area contributed by atoms with E-state index in [2.05, 4.69) is 27.0 Å². The Morgan fingerprint density at radius 3 is 2.83 bits per heavy atom. The number of hydrogen-bond acceptors (Lipinski definition) is 3. The van der Waals surface area contributed by atoms with Crippen molar-refractivity contribution in [2.45, 2.75) is 25.0 Å². The second kappa shape index (κ2) is 5.48. The molecule has 0 aliphatic heterocycles. The summed E-state index contributed by atoms with van der Waals surface area (Å²) in [6.07, 6.45) is 1.72. The largest absolute Gasteiger partial charge is 0.384 e. The number of imidazole rings is 1. The van der Waals surface area contributed by atoms with Crippen molar-refractivity contribution in [2.75, 3.05) is 6.54 Å². The molecule has 1 unspecified atom stereocenters. The SMILES string of the molecule is Cn1c(CNCC2(O)CCc3ccccc32)nc2ccccc21. The van der Waals surface area contributed by atoms with Gasteiger partial charge in [-0.3, -0.25) is 0 Å². The van der Waals surface area contributed by atoms with E-state index in [1.165, 1.54) is 5.56 Å². The van der Waals surface area contributed by atoms with Gasteiger partial charge in [-0.05, 0) is 36.1 Å². The minimum atomic E-state index is -0.763. The normalized spacial score (nSPS) is 20.1. The van der Waals surface area contributed by atoms with Crippen LogP contribution in [-0.2, 0) is 25.6 Å². The fourth-order valence-corrected chi connectivity index (χ4v) is 3.59. The maximum absolute atomic E-state index is 10.9. The summed E-state index contributed by atoms with van der Waals surface area (Å²) < 4.78 is 2.11. The van der Waals surface area contributed by atoms with E-state index in [9.17, 15) is 5.11 Å². The number of aryl methyl sites for hydroxylation is 2. The molecule has 0 saturated heterocycles. The molecule has 1 aliphatic rings. The lowest BCUT2D eigenvalue weighted by Gasteiger charge is -2.24. The fourth-order valence-electron chi connectivity index (χ4n) is 3.59. The van der Waals surface area contributed by atoms with Crippen molar-refractivity contribution in [3.05, 3.63) is 65.5 Å². The zero-order chi connectivity index (χ0) is 15.9. The highest BCUT2D eigenvalue weighted by molar-refractivity contribution is 5.75. The summed E-state index contributed by atoms with van der Waals surface area (Å²) >= 11 is 0. The number of aromatic nitrogens is 2. The number of rotatable bonds is 4. The first-order valence-corrected chi connectivity index (χ1v) is 8.09. The van der Waals surface area contributed by atoms with Crippen LogP contribution in [0.2, 0.25) is 0 Å². The van der Waals surface area contributed by atoms with Crippen LogP contribution in [0, 0.1) is 0 Å². The summed E-state index contributed by atoms with van der Waals surface area (Å²) in [5.74, 6) is 0.987. The molecule has 1 aromatic heterocycles. The highest BCUT2D eigenvalue weighted by Crippen LogP contribution is 2.36. The molecule has 118 valence electrons. The van der Waals surface area contributed by atoms with E-state index < -0.39 is 5.60 Å². The zero-order valence-corrected chi connectivity index (χ0v) is 13.3. The van der Waals surface area contributed by atoms with Crippen molar-refractivity contribution < 1.29 is 5.11 Å². The molecule has 1 aliphatic carbocycles. The highest BCUT2D eigenvalue weighted by Gasteiger charge is 2.35. The van der Waals surface area contributed by atoms with Gasteiger partial charge >= 0.3 is 0 Å². The van der Waals surface area contributed by atoms with Crippen molar-refractivity contribution in [1.82, 2.24) is 14.9 Å². The summed E-state index contributed by atoms with van der Waals surface area (Å²) in [5.41, 5.74) is 3.71. The highest BCUT2D eigenvalue weighted by atomic mass is 16.3. The fraction of sp³-hybridized carbons (Fsp3) is 0.316. The topological polar surface area (TPSA) is 50.1 Å². The van der Waals surface area contributed by atoms with Crippen LogP contribution in [0.3, 0.4) is 0 Å². The summed E-state index contributed by atoms with van der Waals surface area (Å²) in [5, 5.41) is 14.3. The molecule has 0 saturated carbocycles. The van der Waals surface area contributed by atoms with Gasteiger partial charge in [0.25, 0.3) is 0 Å². The van der Waals surface area contributed by atoms with E-state index in [-0.39, 0.29) is 0 Å². The Morgan fingerprint density at radius 1 is 1.17 bits per heavy atom. The first-order chi connectivity index (χ1) is 11.2. The Balaban J connectivity index is 1.49. The lowest BCUT2D eigenvalue weighted by Crippen LogP contribution is -2.36. The van der Waals surface area contributed by atoms with Gasteiger partial charge in [-0.25, -0.2) is 4.98 Å². The van der Waals surface area contributed by atoms with Crippen LogP contribution in [0.5, 0.6) is 0 Å². The third kappa shape index (κ3) is 2.44. The lowest BCUT2D eigenvalue weighted by atomic mass is 9.96. The van der Waals surface area contributed by atoms with Crippen LogP contribution in [0.1, 0.15) is 23.4 Å². The number of aliphatic hydroxyl groups is 1. The van der Waals surface area contributed by atoms with Crippen LogP contribution < -0.4 is 5.32 Å². The van der Waals surface area contributed by atoms with Crippen LogP contribution in [0.4, 0.5) is 0 Å². The Labute approximate surface area is 135 Å². The molecular weight excluding hydrogens is 286 g/mol. The molecule has 2 aromatic carbocycles. The lowest BCUT2D eigenvalue weighted by molar-refractivity contribution is 0.0382. The molecule has 3 aromatic rings. The molecule has 0 radical (unpaired) electrons. The molecule has 0 spiro atoms. The number of benzene rings is 2. The first-order valence-electron chi connectivity index (χ1n) is 8.09. The molecule has 1 heterocycles. The third-order valence-electron chi connectivity index (χ3n) is 4.91. The molecule has 0 amide bonds. The smallest absolute Gasteiger partial charge is 0.123 e. The standard InChI is InChI=1S/C19H21N3O/c1-22-17-9-5-4-8-16(17)21-18(22)12-20-13-19(23)11-10-14-6-2-3-7-15(14)19/h2-9,20,23H,10-13H2,1H3. The number of nitrogens with zero attached hydrogens (tertiary/aromatic N) is 2. The van der Waals surface area contributed by atoms with Crippen molar-refractivity contribution in [1.29, 1.82) is 0 Å². The quantitative estimate of drug-likeness (QED) is 0.778. The van der Waals surface area contributed by atoms with Crippen LogP contribution in [-0.4, -0.2) is 21.2 Å². The van der Waals surface area contributed by atoms with Gasteiger partial charge in [-0.15, -0.1) is 0 Å². The molecule has 0 bridgehead atoms. The first kappa shape index (κ1) is 14.4. The summed E-state index contributed by atoms with van der Waals surface area (Å²) in [4.78, 5) is 4.66. The van der Waals surface area contributed by atoms with Crippen molar-refractivity contribution in [3.8, 4) is 0 Å². The Kier molecular flexibility index (Phi) is 3.43. The zero-order valence-electron chi connectivity index (χ0n) is 13.3. The number of para-hydroxylation sites is 2. The number of hydrogen-bond donors (Lipinski definition) is 2. The van der Waals surface area contributed by atoms with Crippen molar-refractivity contribution >= 4 is 11.0 Å².